The summed E-state index contributed by atoms with van der Waals surface area (Å²) >= 11 is 5.85. The van der Waals surface area contributed by atoms with E-state index >= 15 is 0 Å². The van der Waals surface area contributed by atoms with Gasteiger partial charge in [-0.05, 0) is 29.8 Å². The van der Waals surface area contributed by atoms with Crippen LogP contribution in [0.4, 0.5) is 5.69 Å². The molecule has 0 aliphatic carbocycles. The summed E-state index contributed by atoms with van der Waals surface area (Å²) in [6.45, 7) is 0.230. The zero-order valence-electron chi connectivity index (χ0n) is 10.8. The van der Waals surface area contributed by atoms with Crippen LogP contribution < -0.4 is 11.1 Å². The van der Waals surface area contributed by atoms with Crippen molar-refractivity contribution >= 4 is 29.2 Å². The lowest BCUT2D eigenvalue weighted by atomic mass is 10.2. The van der Waals surface area contributed by atoms with E-state index in [1.165, 1.54) is 18.3 Å². The van der Waals surface area contributed by atoms with Gasteiger partial charge in [0, 0.05) is 18.3 Å². The van der Waals surface area contributed by atoms with Gasteiger partial charge >= 0.3 is 5.97 Å². The summed E-state index contributed by atoms with van der Waals surface area (Å²) in [5.41, 5.74) is 7.01. The average Bonchev–Trinajstić information content (AvgIpc) is 2.48. The van der Waals surface area contributed by atoms with Crippen LogP contribution in [0.1, 0.15) is 26.4 Å². The summed E-state index contributed by atoms with van der Waals surface area (Å²) in [6.07, 6.45) is 1.40. The fourth-order valence-corrected chi connectivity index (χ4v) is 1.79. The van der Waals surface area contributed by atoms with E-state index in [1.54, 1.807) is 18.2 Å². The Kier molecular flexibility index (Phi) is 4.39. The summed E-state index contributed by atoms with van der Waals surface area (Å²) in [4.78, 5) is 26.4. The predicted octanol–water partition coefficient (Wildman–Crippen LogP) is 1.95. The first-order chi connectivity index (χ1) is 9.97. The molecule has 1 aromatic heterocycles. The van der Waals surface area contributed by atoms with Crippen LogP contribution in [0.3, 0.4) is 0 Å². The Hall–Kier alpha value is -2.60. The van der Waals surface area contributed by atoms with Gasteiger partial charge in [0.2, 0.25) is 0 Å². The molecule has 108 valence electrons. The summed E-state index contributed by atoms with van der Waals surface area (Å²) in [6, 6.07) is 7.58. The molecule has 0 saturated carbocycles. The Bertz CT molecular complexity index is 686. The molecule has 0 saturated heterocycles. The Balaban J connectivity index is 2.00. The van der Waals surface area contributed by atoms with Crippen LogP contribution in [-0.2, 0) is 6.54 Å². The number of aromatic nitrogens is 1. The number of benzene rings is 1. The average molecular weight is 306 g/mol. The number of halogens is 1. The number of nitrogens with two attached hydrogens (primary N) is 1. The van der Waals surface area contributed by atoms with Crippen molar-refractivity contribution in [3.05, 3.63) is 58.4 Å². The molecular weight excluding hydrogens is 294 g/mol. The molecule has 0 radical (unpaired) electrons. The van der Waals surface area contributed by atoms with Gasteiger partial charge in [-0.25, -0.2) is 9.78 Å². The Labute approximate surface area is 125 Å². The SMILES string of the molecule is Nc1ccc(C(=O)NCc2ccc(C(=O)O)nc2)cc1Cl. The highest BCUT2D eigenvalue weighted by molar-refractivity contribution is 6.33. The van der Waals surface area contributed by atoms with Gasteiger partial charge in [0.1, 0.15) is 5.69 Å². The molecule has 7 heteroatoms. The van der Waals surface area contributed by atoms with Crippen LogP contribution in [-0.4, -0.2) is 22.0 Å². The van der Waals surface area contributed by atoms with Crippen molar-refractivity contribution in [3.63, 3.8) is 0 Å². The maximum Gasteiger partial charge on any atom is 0.354 e. The first-order valence-corrected chi connectivity index (χ1v) is 6.36. The number of carboxylic acid groups (broad SMARTS) is 1. The fraction of sp³-hybridized carbons (Fsp3) is 0.0714. The summed E-state index contributed by atoms with van der Waals surface area (Å²) in [7, 11) is 0. The third kappa shape index (κ3) is 3.70. The largest absolute Gasteiger partial charge is 0.477 e. The number of carboxylic acids is 1. The normalized spacial score (nSPS) is 10.1. The van der Waals surface area contributed by atoms with Gasteiger partial charge in [0.15, 0.2) is 0 Å². The fourth-order valence-electron chi connectivity index (χ4n) is 1.61. The molecule has 0 unspecified atom stereocenters. The monoisotopic (exact) mass is 305 g/mol. The Morgan fingerprint density at radius 1 is 1.29 bits per heavy atom. The van der Waals surface area contributed by atoms with E-state index in [0.717, 1.165) is 0 Å². The van der Waals surface area contributed by atoms with Gasteiger partial charge in [-0.1, -0.05) is 17.7 Å². The van der Waals surface area contributed by atoms with E-state index < -0.39 is 5.97 Å². The van der Waals surface area contributed by atoms with Gasteiger partial charge in [0.05, 0.1) is 10.7 Å². The molecule has 0 atom stereocenters. The summed E-state index contributed by atoms with van der Waals surface area (Å²) < 4.78 is 0. The van der Waals surface area contributed by atoms with Crippen LogP contribution in [0.5, 0.6) is 0 Å². The van der Waals surface area contributed by atoms with Crippen molar-refractivity contribution in [2.75, 3.05) is 5.73 Å². The van der Waals surface area contributed by atoms with Crippen LogP contribution in [0.15, 0.2) is 36.5 Å². The molecule has 0 aliphatic heterocycles. The number of carbonyl (C=O) groups is 2. The third-order valence-electron chi connectivity index (χ3n) is 2.76. The third-order valence-corrected chi connectivity index (χ3v) is 3.09. The van der Waals surface area contributed by atoms with Gasteiger partial charge in [0.25, 0.3) is 5.91 Å². The van der Waals surface area contributed by atoms with Crippen LogP contribution in [0, 0.1) is 0 Å². The van der Waals surface area contributed by atoms with Crippen molar-refractivity contribution in [3.8, 4) is 0 Å². The molecule has 4 N–H and O–H groups in total. The second-order valence-corrected chi connectivity index (χ2v) is 4.68. The minimum atomic E-state index is -1.10. The quantitative estimate of drug-likeness (QED) is 0.749. The highest BCUT2D eigenvalue weighted by Crippen LogP contribution is 2.19. The number of pyridine rings is 1. The summed E-state index contributed by atoms with van der Waals surface area (Å²) in [5, 5.41) is 11.7. The van der Waals surface area contributed by atoms with E-state index in [2.05, 4.69) is 10.3 Å². The number of carbonyl (C=O) groups excluding carboxylic acids is 1. The predicted molar refractivity (Wildman–Crippen MR) is 78.2 cm³/mol. The van der Waals surface area contributed by atoms with Crippen LogP contribution in [0.25, 0.3) is 0 Å². The van der Waals surface area contributed by atoms with Crippen LogP contribution >= 0.6 is 11.6 Å². The van der Waals surface area contributed by atoms with E-state index in [4.69, 9.17) is 22.4 Å². The lowest BCUT2D eigenvalue weighted by Gasteiger charge is -2.06. The molecule has 0 spiro atoms. The van der Waals surface area contributed by atoms with E-state index in [0.29, 0.717) is 21.8 Å². The standard InChI is InChI=1S/C14H12ClN3O3/c15-10-5-9(2-3-11(10)16)13(19)18-7-8-1-4-12(14(20)21)17-6-8/h1-6H,7,16H2,(H,18,19)(H,20,21). The summed E-state index contributed by atoms with van der Waals surface area (Å²) in [5.74, 6) is -1.40. The lowest BCUT2D eigenvalue weighted by Crippen LogP contribution is -2.23. The number of anilines is 1. The Morgan fingerprint density at radius 3 is 2.62 bits per heavy atom. The number of amides is 1. The van der Waals surface area contributed by atoms with Crippen molar-refractivity contribution in [2.24, 2.45) is 0 Å². The smallest absolute Gasteiger partial charge is 0.354 e. The zero-order chi connectivity index (χ0) is 15.4. The lowest BCUT2D eigenvalue weighted by molar-refractivity contribution is 0.0690. The topological polar surface area (TPSA) is 105 Å². The maximum absolute atomic E-state index is 11.9. The maximum atomic E-state index is 11.9. The number of hydrogen-bond acceptors (Lipinski definition) is 4. The number of nitrogens with one attached hydrogen (secondary N) is 1. The molecule has 2 aromatic rings. The molecule has 0 fully saturated rings. The van der Waals surface area contributed by atoms with Gasteiger partial charge in [-0.2, -0.15) is 0 Å². The highest BCUT2D eigenvalue weighted by Gasteiger charge is 2.08. The number of nitrogen functional groups attached to an aromatic ring is 1. The van der Waals surface area contributed by atoms with Crippen molar-refractivity contribution < 1.29 is 14.7 Å². The second-order valence-electron chi connectivity index (χ2n) is 4.28. The molecule has 1 heterocycles. The first-order valence-electron chi connectivity index (χ1n) is 5.99. The van der Waals surface area contributed by atoms with E-state index in [-0.39, 0.29) is 18.1 Å². The minimum Gasteiger partial charge on any atom is -0.477 e. The number of rotatable bonds is 4. The Morgan fingerprint density at radius 2 is 2.05 bits per heavy atom. The van der Waals surface area contributed by atoms with Crippen molar-refractivity contribution in [1.82, 2.24) is 10.3 Å². The molecular formula is C14H12ClN3O3. The highest BCUT2D eigenvalue weighted by atomic mass is 35.5. The van der Waals surface area contributed by atoms with Gasteiger partial charge < -0.3 is 16.2 Å². The second kappa shape index (κ2) is 6.23. The molecule has 21 heavy (non-hydrogen) atoms. The molecule has 2 rings (SSSR count). The molecule has 1 amide bonds. The van der Waals surface area contributed by atoms with E-state index in [1.807, 2.05) is 0 Å². The minimum absolute atomic E-state index is 0.0459. The first kappa shape index (κ1) is 14.8. The van der Waals surface area contributed by atoms with Gasteiger partial charge in [-0.3, -0.25) is 4.79 Å². The molecule has 0 aliphatic rings. The number of nitrogens with zero attached hydrogens (tertiary/aromatic N) is 1. The molecule has 6 nitrogen and oxygen atoms in total. The zero-order valence-corrected chi connectivity index (χ0v) is 11.6. The molecule has 1 aromatic carbocycles. The number of aromatic carboxylic acids is 1. The molecule has 0 bridgehead atoms. The van der Waals surface area contributed by atoms with Crippen molar-refractivity contribution in [2.45, 2.75) is 6.54 Å². The van der Waals surface area contributed by atoms with Crippen molar-refractivity contribution in [1.29, 1.82) is 0 Å². The van der Waals surface area contributed by atoms with Crippen LogP contribution in [0.2, 0.25) is 5.02 Å². The number of hydrogen-bond donors (Lipinski definition) is 3. The van der Waals surface area contributed by atoms with E-state index in [9.17, 15) is 9.59 Å². The van der Waals surface area contributed by atoms with Gasteiger partial charge in [-0.15, -0.1) is 0 Å².